The second-order valence-corrected chi connectivity index (χ2v) is 3.41. The molecule has 0 aromatic carbocycles. The van der Waals surface area contributed by atoms with Gasteiger partial charge < -0.3 is 10.1 Å². The Morgan fingerprint density at radius 1 is 1.75 bits per heavy atom. The summed E-state index contributed by atoms with van der Waals surface area (Å²) in [7, 11) is 1.55. The highest BCUT2D eigenvalue weighted by Crippen LogP contribution is 2.17. The predicted molar refractivity (Wildman–Crippen MR) is 49.7 cm³/mol. The van der Waals surface area contributed by atoms with Crippen molar-refractivity contribution in [1.82, 2.24) is 5.32 Å². The van der Waals surface area contributed by atoms with Crippen LogP contribution in [-0.4, -0.2) is 18.9 Å². The van der Waals surface area contributed by atoms with E-state index in [2.05, 4.69) is 21.2 Å². The van der Waals surface area contributed by atoms with Gasteiger partial charge in [0.25, 0.3) is 0 Å². The summed E-state index contributed by atoms with van der Waals surface area (Å²) in [6.07, 6.45) is 3.51. The monoisotopic (exact) mass is 231 g/mol. The average molecular weight is 232 g/mol. The van der Waals surface area contributed by atoms with Crippen molar-refractivity contribution in [3.05, 3.63) is 22.5 Å². The molecule has 0 aromatic heterocycles. The maximum absolute atomic E-state index is 11.0. The fourth-order valence-electron chi connectivity index (χ4n) is 1.00. The lowest BCUT2D eigenvalue weighted by Gasteiger charge is -2.20. The first-order chi connectivity index (χ1) is 5.65. The Bertz CT molecular complexity index is 258. The summed E-state index contributed by atoms with van der Waals surface area (Å²) in [5, 5.41) is 2.92. The van der Waals surface area contributed by atoms with Gasteiger partial charge in [-0.15, -0.1) is 0 Å². The van der Waals surface area contributed by atoms with Crippen molar-refractivity contribution in [2.45, 2.75) is 13.0 Å². The summed E-state index contributed by atoms with van der Waals surface area (Å²) in [6.45, 7) is 1.53. The van der Waals surface area contributed by atoms with Gasteiger partial charge in [0.1, 0.15) is 11.8 Å². The normalized spacial score (nSPS) is 22.1. The molecule has 0 saturated heterocycles. The molecule has 1 rings (SSSR count). The third kappa shape index (κ3) is 1.88. The molecule has 3 nitrogen and oxygen atoms in total. The molecule has 0 radical (unpaired) electrons. The summed E-state index contributed by atoms with van der Waals surface area (Å²) in [5.41, 5.74) is 0. The molecule has 12 heavy (non-hydrogen) atoms. The zero-order valence-electron chi connectivity index (χ0n) is 6.93. The highest BCUT2D eigenvalue weighted by molar-refractivity contribution is 9.11. The van der Waals surface area contributed by atoms with E-state index in [1.165, 1.54) is 6.92 Å². The standard InChI is InChI=1S/C8H10BrNO2/c1-5(11)8-7(12-2)3-6(9)4-10-8/h3-4,8,10H,1-2H3. The summed E-state index contributed by atoms with van der Waals surface area (Å²) in [4.78, 5) is 11.0. The molecular formula is C8H10BrNO2. The molecule has 0 fully saturated rings. The third-order valence-electron chi connectivity index (χ3n) is 1.59. The lowest BCUT2D eigenvalue weighted by Crippen LogP contribution is -2.36. The largest absolute Gasteiger partial charge is 0.498 e. The van der Waals surface area contributed by atoms with Crippen molar-refractivity contribution in [3.63, 3.8) is 0 Å². The number of carbonyl (C=O) groups is 1. The minimum Gasteiger partial charge on any atom is -0.498 e. The number of carbonyl (C=O) groups excluding carboxylic acids is 1. The molecule has 4 heteroatoms. The van der Waals surface area contributed by atoms with Gasteiger partial charge in [-0.25, -0.2) is 0 Å². The van der Waals surface area contributed by atoms with Gasteiger partial charge in [-0.3, -0.25) is 4.79 Å². The van der Waals surface area contributed by atoms with Crippen LogP contribution in [0.5, 0.6) is 0 Å². The Morgan fingerprint density at radius 3 is 2.92 bits per heavy atom. The van der Waals surface area contributed by atoms with Gasteiger partial charge in [0.2, 0.25) is 0 Å². The van der Waals surface area contributed by atoms with Gasteiger partial charge in [0.15, 0.2) is 5.78 Å². The van der Waals surface area contributed by atoms with E-state index >= 15 is 0 Å². The quantitative estimate of drug-likeness (QED) is 0.780. The SMILES string of the molecule is COC1=CC(Br)=CNC1C(C)=O. The molecule has 0 aliphatic carbocycles. The highest BCUT2D eigenvalue weighted by Gasteiger charge is 2.21. The van der Waals surface area contributed by atoms with Crippen molar-refractivity contribution in [2.24, 2.45) is 0 Å². The highest BCUT2D eigenvalue weighted by atomic mass is 79.9. The number of ether oxygens (including phenoxy) is 1. The van der Waals surface area contributed by atoms with Crippen molar-refractivity contribution < 1.29 is 9.53 Å². The fraction of sp³-hybridized carbons (Fsp3) is 0.375. The zero-order chi connectivity index (χ0) is 9.14. The van der Waals surface area contributed by atoms with Crippen molar-refractivity contribution >= 4 is 21.7 Å². The Kier molecular flexibility index (Phi) is 2.92. The summed E-state index contributed by atoms with van der Waals surface area (Å²) < 4.78 is 5.91. The molecule has 0 saturated carbocycles. The van der Waals surface area contributed by atoms with Crippen LogP contribution in [0.2, 0.25) is 0 Å². The number of methoxy groups -OCH3 is 1. The lowest BCUT2D eigenvalue weighted by atomic mass is 10.1. The number of allylic oxidation sites excluding steroid dienone is 2. The van der Waals surface area contributed by atoms with Crippen LogP contribution in [0, 0.1) is 0 Å². The van der Waals surface area contributed by atoms with Crippen molar-refractivity contribution in [1.29, 1.82) is 0 Å². The van der Waals surface area contributed by atoms with E-state index in [4.69, 9.17) is 4.74 Å². The Morgan fingerprint density at radius 2 is 2.42 bits per heavy atom. The maximum atomic E-state index is 11.0. The molecule has 1 heterocycles. The summed E-state index contributed by atoms with van der Waals surface area (Å²) in [6, 6.07) is -0.337. The number of halogens is 1. The van der Waals surface area contributed by atoms with Crippen LogP contribution in [0.1, 0.15) is 6.92 Å². The van der Waals surface area contributed by atoms with Crippen molar-refractivity contribution in [2.75, 3.05) is 7.11 Å². The van der Waals surface area contributed by atoms with Crippen LogP contribution >= 0.6 is 15.9 Å². The first kappa shape index (κ1) is 9.32. The molecule has 1 atom stereocenters. The second kappa shape index (κ2) is 3.76. The molecule has 0 spiro atoms. The van der Waals surface area contributed by atoms with Crippen LogP contribution in [0.3, 0.4) is 0 Å². The van der Waals surface area contributed by atoms with Gasteiger partial charge in [-0.1, -0.05) is 0 Å². The summed E-state index contributed by atoms with van der Waals surface area (Å²) >= 11 is 3.28. The zero-order valence-corrected chi connectivity index (χ0v) is 8.51. The average Bonchev–Trinajstić information content (AvgIpc) is 2.03. The van der Waals surface area contributed by atoms with Crippen LogP contribution in [0.15, 0.2) is 22.5 Å². The van der Waals surface area contributed by atoms with Gasteiger partial charge in [0, 0.05) is 10.7 Å². The molecule has 0 aromatic rings. The molecule has 66 valence electrons. The molecular weight excluding hydrogens is 222 g/mol. The van der Waals surface area contributed by atoms with E-state index in [1.807, 2.05) is 0 Å². The second-order valence-electron chi connectivity index (χ2n) is 2.49. The molecule has 0 amide bonds. The smallest absolute Gasteiger partial charge is 0.159 e. The minimum absolute atomic E-state index is 0.0411. The number of rotatable bonds is 2. The molecule has 1 aliphatic heterocycles. The number of dihydropyridines is 1. The van der Waals surface area contributed by atoms with E-state index in [1.54, 1.807) is 19.4 Å². The first-order valence-corrected chi connectivity index (χ1v) is 4.32. The van der Waals surface area contributed by atoms with Crippen LogP contribution in [0.25, 0.3) is 0 Å². The van der Waals surface area contributed by atoms with E-state index in [9.17, 15) is 4.79 Å². The Hall–Kier alpha value is -0.770. The van der Waals surface area contributed by atoms with Gasteiger partial charge in [-0.2, -0.15) is 0 Å². The molecule has 1 unspecified atom stereocenters. The van der Waals surface area contributed by atoms with Crippen molar-refractivity contribution in [3.8, 4) is 0 Å². The topological polar surface area (TPSA) is 38.3 Å². The van der Waals surface area contributed by atoms with E-state index in [0.29, 0.717) is 5.76 Å². The number of nitrogens with one attached hydrogen (secondary N) is 1. The number of hydrogen-bond donors (Lipinski definition) is 1. The first-order valence-electron chi connectivity index (χ1n) is 3.53. The summed E-state index contributed by atoms with van der Waals surface area (Å²) in [5.74, 6) is 0.677. The predicted octanol–water partition coefficient (Wildman–Crippen LogP) is 1.31. The molecule has 1 aliphatic rings. The van der Waals surface area contributed by atoms with E-state index < -0.39 is 0 Å². The Balaban J connectivity index is 2.84. The fourth-order valence-corrected chi connectivity index (χ4v) is 1.36. The van der Waals surface area contributed by atoms with Crippen LogP contribution in [-0.2, 0) is 9.53 Å². The number of hydrogen-bond acceptors (Lipinski definition) is 3. The van der Waals surface area contributed by atoms with Gasteiger partial charge >= 0.3 is 0 Å². The van der Waals surface area contributed by atoms with E-state index in [-0.39, 0.29) is 11.8 Å². The van der Waals surface area contributed by atoms with Gasteiger partial charge in [-0.05, 0) is 28.9 Å². The number of ketones is 1. The van der Waals surface area contributed by atoms with Crippen LogP contribution < -0.4 is 5.32 Å². The molecule has 1 N–H and O–H groups in total. The third-order valence-corrected chi connectivity index (χ3v) is 2.05. The Labute approximate surface area is 79.6 Å². The molecule has 0 bridgehead atoms. The maximum Gasteiger partial charge on any atom is 0.159 e. The van der Waals surface area contributed by atoms with E-state index in [0.717, 1.165) is 4.48 Å². The number of Topliss-reactive ketones (excluding diaryl/α,β-unsaturated/α-hetero) is 1. The minimum atomic E-state index is -0.337. The van der Waals surface area contributed by atoms with Crippen LogP contribution in [0.4, 0.5) is 0 Å². The lowest BCUT2D eigenvalue weighted by molar-refractivity contribution is -0.118. The van der Waals surface area contributed by atoms with Gasteiger partial charge in [0.05, 0.1) is 7.11 Å².